The SMILES string of the molecule is CCCN(Cc1nnc(-c2ccccc2Cl)o1)C(=O)C(C)Sc1ccc(OC)cc1. The molecule has 6 nitrogen and oxygen atoms in total. The van der Waals surface area contributed by atoms with Crippen molar-refractivity contribution in [1.29, 1.82) is 0 Å². The standard InChI is InChI=1S/C22H24ClN3O3S/c1-4-13-26(22(27)15(2)30-17-11-9-16(28-3)10-12-17)14-20-24-25-21(29-20)18-7-5-6-8-19(18)23/h5-12,15H,4,13-14H2,1-3H3. The van der Waals surface area contributed by atoms with E-state index in [1.54, 1.807) is 18.1 Å². The minimum absolute atomic E-state index is 0.0233. The summed E-state index contributed by atoms with van der Waals surface area (Å²) >= 11 is 7.72. The molecule has 0 saturated heterocycles. The van der Waals surface area contributed by atoms with Gasteiger partial charge in [-0.25, -0.2) is 0 Å². The molecular weight excluding hydrogens is 422 g/mol. The lowest BCUT2D eigenvalue weighted by atomic mass is 10.2. The van der Waals surface area contributed by atoms with Crippen LogP contribution in [0.5, 0.6) is 5.75 Å². The minimum Gasteiger partial charge on any atom is -0.497 e. The second kappa shape index (κ2) is 10.5. The fourth-order valence-corrected chi connectivity index (χ4v) is 4.10. The van der Waals surface area contributed by atoms with Gasteiger partial charge in [-0.1, -0.05) is 30.7 Å². The molecule has 30 heavy (non-hydrogen) atoms. The van der Waals surface area contributed by atoms with Crippen LogP contribution in [0.2, 0.25) is 5.02 Å². The summed E-state index contributed by atoms with van der Waals surface area (Å²) in [5.74, 6) is 1.54. The number of halogens is 1. The van der Waals surface area contributed by atoms with Gasteiger partial charge in [-0.05, 0) is 49.7 Å². The molecule has 158 valence electrons. The highest BCUT2D eigenvalue weighted by Gasteiger charge is 2.23. The second-order valence-corrected chi connectivity index (χ2v) is 8.50. The molecule has 0 N–H and O–H groups in total. The quantitative estimate of drug-likeness (QED) is 0.415. The third-order valence-electron chi connectivity index (χ3n) is 4.42. The smallest absolute Gasteiger partial charge is 0.249 e. The van der Waals surface area contributed by atoms with E-state index in [9.17, 15) is 4.79 Å². The Balaban J connectivity index is 1.68. The maximum atomic E-state index is 13.1. The molecule has 0 radical (unpaired) electrons. The average molecular weight is 446 g/mol. The van der Waals surface area contributed by atoms with Crippen LogP contribution in [0.4, 0.5) is 0 Å². The first-order valence-corrected chi connectivity index (χ1v) is 10.9. The lowest BCUT2D eigenvalue weighted by Gasteiger charge is -2.23. The van der Waals surface area contributed by atoms with Gasteiger partial charge in [0.25, 0.3) is 0 Å². The number of ether oxygens (including phenoxy) is 1. The maximum absolute atomic E-state index is 13.1. The Labute approximate surface area is 185 Å². The Morgan fingerprint density at radius 3 is 2.60 bits per heavy atom. The predicted octanol–water partition coefficient (Wildman–Crippen LogP) is 5.32. The summed E-state index contributed by atoms with van der Waals surface area (Å²) in [6.45, 7) is 4.81. The van der Waals surface area contributed by atoms with Crippen LogP contribution in [0.1, 0.15) is 26.2 Å². The van der Waals surface area contributed by atoms with E-state index in [0.717, 1.165) is 17.1 Å². The summed E-state index contributed by atoms with van der Waals surface area (Å²) in [5, 5.41) is 8.49. The van der Waals surface area contributed by atoms with Gasteiger partial charge in [0.15, 0.2) is 0 Å². The largest absolute Gasteiger partial charge is 0.497 e. The molecule has 0 aliphatic heterocycles. The van der Waals surface area contributed by atoms with Crippen molar-refractivity contribution >= 4 is 29.3 Å². The topological polar surface area (TPSA) is 68.5 Å². The maximum Gasteiger partial charge on any atom is 0.249 e. The first-order valence-electron chi connectivity index (χ1n) is 9.68. The van der Waals surface area contributed by atoms with E-state index >= 15 is 0 Å². The molecule has 0 saturated carbocycles. The lowest BCUT2D eigenvalue weighted by molar-refractivity contribution is -0.131. The van der Waals surface area contributed by atoms with Gasteiger partial charge in [0.05, 0.1) is 29.5 Å². The number of hydrogen-bond acceptors (Lipinski definition) is 6. The summed E-state index contributed by atoms with van der Waals surface area (Å²) in [7, 11) is 1.63. The molecule has 1 unspecified atom stereocenters. The van der Waals surface area contributed by atoms with E-state index in [-0.39, 0.29) is 17.7 Å². The monoisotopic (exact) mass is 445 g/mol. The number of nitrogens with zero attached hydrogens (tertiary/aromatic N) is 3. The van der Waals surface area contributed by atoms with Crippen LogP contribution in [-0.4, -0.2) is 39.9 Å². The van der Waals surface area contributed by atoms with Crippen molar-refractivity contribution in [3.8, 4) is 17.2 Å². The zero-order valence-corrected chi connectivity index (χ0v) is 18.7. The van der Waals surface area contributed by atoms with Crippen LogP contribution in [0.15, 0.2) is 57.8 Å². The van der Waals surface area contributed by atoms with E-state index in [1.165, 1.54) is 11.8 Å². The zero-order chi connectivity index (χ0) is 21.5. The molecule has 1 heterocycles. The first-order chi connectivity index (χ1) is 14.5. The minimum atomic E-state index is -0.254. The number of methoxy groups -OCH3 is 1. The Morgan fingerprint density at radius 2 is 1.93 bits per heavy atom. The molecule has 0 bridgehead atoms. The van der Waals surface area contributed by atoms with Crippen LogP contribution in [-0.2, 0) is 11.3 Å². The highest BCUT2D eigenvalue weighted by Crippen LogP contribution is 2.28. The van der Waals surface area contributed by atoms with E-state index in [0.29, 0.717) is 28.9 Å². The van der Waals surface area contributed by atoms with E-state index in [2.05, 4.69) is 10.2 Å². The number of carbonyl (C=O) groups is 1. The molecule has 0 aliphatic rings. The summed E-state index contributed by atoms with van der Waals surface area (Å²) in [6, 6.07) is 15.0. The molecule has 2 aromatic carbocycles. The number of benzene rings is 2. The van der Waals surface area contributed by atoms with Crippen molar-refractivity contribution in [1.82, 2.24) is 15.1 Å². The van der Waals surface area contributed by atoms with Crippen molar-refractivity contribution in [2.45, 2.75) is 37.0 Å². The summed E-state index contributed by atoms with van der Waals surface area (Å²) < 4.78 is 11.0. The van der Waals surface area contributed by atoms with Gasteiger partial charge in [-0.15, -0.1) is 22.0 Å². The average Bonchev–Trinajstić information content (AvgIpc) is 3.22. The third kappa shape index (κ3) is 5.55. The molecule has 1 amide bonds. The number of amides is 1. The van der Waals surface area contributed by atoms with Crippen molar-refractivity contribution < 1.29 is 13.9 Å². The normalized spacial score (nSPS) is 11.9. The summed E-state index contributed by atoms with van der Waals surface area (Å²) in [4.78, 5) is 15.8. The van der Waals surface area contributed by atoms with Gasteiger partial charge in [0, 0.05) is 11.4 Å². The predicted molar refractivity (Wildman–Crippen MR) is 119 cm³/mol. The van der Waals surface area contributed by atoms with Crippen LogP contribution >= 0.6 is 23.4 Å². The highest BCUT2D eigenvalue weighted by molar-refractivity contribution is 8.00. The van der Waals surface area contributed by atoms with Gasteiger partial charge < -0.3 is 14.1 Å². The van der Waals surface area contributed by atoms with Crippen LogP contribution in [0, 0.1) is 0 Å². The second-order valence-electron chi connectivity index (χ2n) is 6.68. The molecule has 0 fully saturated rings. The molecule has 1 aromatic heterocycles. The van der Waals surface area contributed by atoms with Gasteiger partial charge in [0.1, 0.15) is 5.75 Å². The molecule has 3 rings (SSSR count). The fraction of sp³-hybridized carbons (Fsp3) is 0.318. The van der Waals surface area contributed by atoms with Gasteiger partial charge in [-0.2, -0.15) is 0 Å². The lowest BCUT2D eigenvalue weighted by Crippen LogP contribution is -2.36. The van der Waals surface area contributed by atoms with E-state index < -0.39 is 0 Å². The highest BCUT2D eigenvalue weighted by atomic mass is 35.5. The molecule has 0 spiro atoms. The first kappa shape index (κ1) is 22.2. The number of carbonyl (C=O) groups excluding carboxylic acids is 1. The molecule has 0 aliphatic carbocycles. The zero-order valence-electron chi connectivity index (χ0n) is 17.2. The summed E-state index contributed by atoms with van der Waals surface area (Å²) in [5.41, 5.74) is 0.676. The number of hydrogen-bond donors (Lipinski definition) is 0. The van der Waals surface area contributed by atoms with E-state index in [1.807, 2.05) is 56.3 Å². The van der Waals surface area contributed by atoms with Crippen molar-refractivity contribution in [2.75, 3.05) is 13.7 Å². The van der Waals surface area contributed by atoms with Crippen molar-refractivity contribution in [3.05, 3.63) is 59.4 Å². The Kier molecular flexibility index (Phi) is 7.76. The third-order valence-corrected chi connectivity index (χ3v) is 5.85. The van der Waals surface area contributed by atoms with Crippen LogP contribution in [0.3, 0.4) is 0 Å². The molecular formula is C22H24ClN3O3S. The molecule has 3 aromatic rings. The van der Waals surface area contributed by atoms with Crippen molar-refractivity contribution in [3.63, 3.8) is 0 Å². The number of rotatable bonds is 9. The summed E-state index contributed by atoms with van der Waals surface area (Å²) in [6.07, 6.45) is 0.831. The Hall–Kier alpha value is -2.51. The Morgan fingerprint density at radius 1 is 1.20 bits per heavy atom. The van der Waals surface area contributed by atoms with Gasteiger partial charge >= 0.3 is 0 Å². The molecule has 1 atom stereocenters. The number of thioether (sulfide) groups is 1. The van der Waals surface area contributed by atoms with Crippen LogP contribution < -0.4 is 4.74 Å². The van der Waals surface area contributed by atoms with Gasteiger partial charge in [0.2, 0.25) is 17.7 Å². The van der Waals surface area contributed by atoms with Crippen LogP contribution in [0.25, 0.3) is 11.5 Å². The fourth-order valence-electron chi connectivity index (χ4n) is 2.93. The van der Waals surface area contributed by atoms with Crippen molar-refractivity contribution in [2.24, 2.45) is 0 Å². The molecule has 8 heteroatoms. The Bertz CT molecular complexity index is 978. The van der Waals surface area contributed by atoms with E-state index in [4.69, 9.17) is 20.8 Å². The number of aromatic nitrogens is 2. The van der Waals surface area contributed by atoms with Gasteiger partial charge in [-0.3, -0.25) is 4.79 Å².